The number of halogens is 1. The van der Waals surface area contributed by atoms with Crippen LogP contribution < -0.4 is 5.32 Å². The van der Waals surface area contributed by atoms with E-state index in [0.717, 1.165) is 19.0 Å². The van der Waals surface area contributed by atoms with Gasteiger partial charge in [-0.15, -0.1) is 0 Å². The zero-order valence-corrected chi connectivity index (χ0v) is 8.30. The second-order valence-electron chi connectivity index (χ2n) is 4.37. The van der Waals surface area contributed by atoms with Gasteiger partial charge in [-0.1, -0.05) is 13.3 Å². The second-order valence-corrected chi connectivity index (χ2v) is 4.37. The van der Waals surface area contributed by atoms with Crippen molar-refractivity contribution in [2.24, 2.45) is 5.92 Å². The first-order valence-electron chi connectivity index (χ1n) is 5.38. The number of hydrogen-bond donors (Lipinski definition) is 1. The van der Waals surface area contributed by atoms with E-state index in [1.807, 2.05) is 0 Å². The van der Waals surface area contributed by atoms with E-state index < -0.39 is 6.17 Å². The molecule has 2 saturated heterocycles. The fourth-order valence-electron chi connectivity index (χ4n) is 2.35. The first-order chi connectivity index (χ1) is 6.29. The Hall–Kier alpha value is -0.150. The highest BCUT2D eigenvalue weighted by Gasteiger charge is 2.34. The van der Waals surface area contributed by atoms with Gasteiger partial charge in [0.25, 0.3) is 0 Å². The fraction of sp³-hybridized carbons (Fsp3) is 1.00. The normalized spacial score (nSPS) is 37.4. The Balaban J connectivity index is 1.79. The molecule has 2 aliphatic heterocycles. The van der Waals surface area contributed by atoms with Gasteiger partial charge < -0.3 is 5.32 Å². The van der Waals surface area contributed by atoms with E-state index in [9.17, 15) is 4.39 Å². The van der Waals surface area contributed by atoms with Crippen LogP contribution in [-0.4, -0.2) is 43.3 Å². The highest BCUT2D eigenvalue weighted by molar-refractivity contribution is 4.90. The van der Waals surface area contributed by atoms with Gasteiger partial charge in [0, 0.05) is 25.7 Å². The Kier molecular flexibility index (Phi) is 2.84. The van der Waals surface area contributed by atoms with E-state index in [2.05, 4.69) is 17.1 Å². The van der Waals surface area contributed by atoms with Crippen LogP contribution in [0.3, 0.4) is 0 Å². The van der Waals surface area contributed by atoms with Crippen molar-refractivity contribution in [3.63, 3.8) is 0 Å². The monoisotopic (exact) mass is 186 g/mol. The molecule has 0 radical (unpaired) electrons. The Morgan fingerprint density at radius 1 is 1.38 bits per heavy atom. The van der Waals surface area contributed by atoms with Crippen LogP contribution in [0.4, 0.5) is 4.39 Å². The average molecular weight is 186 g/mol. The largest absolute Gasteiger partial charge is 0.315 e. The van der Waals surface area contributed by atoms with Crippen LogP contribution in [0.1, 0.15) is 19.8 Å². The lowest BCUT2D eigenvalue weighted by Crippen LogP contribution is -2.58. The van der Waals surface area contributed by atoms with Crippen LogP contribution in [0.2, 0.25) is 0 Å². The summed E-state index contributed by atoms with van der Waals surface area (Å²) in [5, 5.41) is 3.44. The molecule has 0 bridgehead atoms. The van der Waals surface area contributed by atoms with Crippen LogP contribution >= 0.6 is 0 Å². The molecule has 2 heterocycles. The summed E-state index contributed by atoms with van der Waals surface area (Å²) in [6, 6.07) is 0.602. The summed E-state index contributed by atoms with van der Waals surface area (Å²) in [5.41, 5.74) is 0. The molecule has 0 spiro atoms. The standard InChI is InChI=1S/C10H19FN2/c1-2-8-3-10(5-12-4-8)13-6-9(11)7-13/h8-10,12H,2-7H2,1H3. The van der Waals surface area contributed by atoms with Crippen molar-refractivity contribution >= 4 is 0 Å². The van der Waals surface area contributed by atoms with E-state index in [0.29, 0.717) is 19.1 Å². The first-order valence-corrected chi connectivity index (χ1v) is 5.38. The maximum absolute atomic E-state index is 12.6. The molecule has 2 fully saturated rings. The zero-order valence-electron chi connectivity index (χ0n) is 8.30. The van der Waals surface area contributed by atoms with Crippen LogP contribution in [-0.2, 0) is 0 Å². The van der Waals surface area contributed by atoms with Crippen molar-refractivity contribution in [3.8, 4) is 0 Å². The lowest BCUT2D eigenvalue weighted by atomic mass is 9.91. The predicted octanol–water partition coefficient (Wildman–Crippen LogP) is 1.03. The van der Waals surface area contributed by atoms with Crippen LogP contribution in [0.25, 0.3) is 0 Å². The minimum atomic E-state index is -0.554. The van der Waals surface area contributed by atoms with Gasteiger partial charge in [0.1, 0.15) is 6.17 Å². The third-order valence-corrected chi connectivity index (χ3v) is 3.38. The summed E-state index contributed by atoms with van der Waals surface area (Å²) in [5.74, 6) is 0.803. The van der Waals surface area contributed by atoms with Crippen LogP contribution in [0.15, 0.2) is 0 Å². The van der Waals surface area contributed by atoms with Crippen LogP contribution in [0, 0.1) is 5.92 Å². The third-order valence-electron chi connectivity index (χ3n) is 3.38. The first kappa shape index (κ1) is 9.41. The number of likely N-dealkylation sites (tertiary alicyclic amines) is 1. The summed E-state index contributed by atoms with van der Waals surface area (Å²) in [6.45, 7) is 5.79. The topological polar surface area (TPSA) is 15.3 Å². The lowest BCUT2D eigenvalue weighted by molar-refractivity contribution is 0.0106. The van der Waals surface area contributed by atoms with Crippen molar-refractivity contribution in [2.75, 3.05) is 26.2 Å². The molecule has 76 valence electrons. The molecule has 3 heteroatoms. The summed E-state index contributed by atoms with van der Waals surface area (Å²) in [6.07, 6.45) is 1.95. The molecule has 0 aliphatic carbocycles. The van der Waals surface area contributed by atoms with E-state index in [1.54, 1.807) is 0 Å². The van der Waals surface area contributed by atoms with Crippen molar-refractivity contribution in [1.29, 1.82) is 0 Å². The molecule has 0 aromatic heterocycles. The van der Waals surface area contributed by atoms with Crippen molar-refractivity contribution in [2.45, 2.75) is 32.0 Å². The Bertz CT molecular complexity index is 168. The molecule has 1 N–H and O–H groups in total. The predicted molar refractivity (Wildman–Crippen MR) is 51.5 cm³/mol. The number of alkyl halides is 1. The van der Waals surface area contributed by atoms with E-state index >= 15 is 0 Å². The molecule has 2 aliphatic rings. The van der Waals surface area contributed by atoms with Crippen molar-refractivity contribution < 1.29 is 4.39 Å². The molecule has 2 nitrogen and oxygen atoms in total. The number of piperidine rings is 1. The molecule has 13 heavy (non-hydrogen) atoms. The average Bonchev–Trinajstić information content (AvgIpc) is 2.13. The smallest absolute Gasteiger partial charge is 0.125 e. The Labute approximate surface area is 79.5 Å². The Morgan fingerprint density at radius 2 is 2.15 bits per heavy atom. The summed E-state index contributed by atoms with van der Waals surface area (Å²) >= 11 is 0. The number of nitrogens with zero attached hydrogens (tertiary/aromatic N) is 1. The van der Waals surface area contributed by atoms with Crippen LogP contribution in [0.5, 0.6) is 0 Å². The molecule has 2 rings (SSSR count). The van der Waals surface area contributed by atoms with E-state index in [4.69, 9.17) is 0 Å². The molecule has 0 amide bonds. The highest BCUT2D eigenvalue weighted by atomic mass is 19.1. The van der Waals surface area contributed by atoms with Gasteiger partial charge >= 0.3 is 0 Å². The number of nitrogens with one attached hydrogen (secondary N) is 1. The highest BCUT2D eigenvalue weighted by Crippen LogP contribution is 2.23. The quantitative estimate of drug-likeness (QED) is 0.693. The summed E-state index contributed by atoms with van der Waals surface area (Å²) in [7, 11) is 0. The molecular weight excluding hydrogens is 167 g/mol. The summed E-state index contributed by atoms with van der Waals surface area (Å²) in [4.78, 5) is 2.28. The third kappa shape index (κ3) is 2.02. The second kappa shape index (κ2) is 3.93. The van der Waals surface area contributed by atoms with Gasteiger partial charge in [-0.2, -0.15) is 0 Å². The molecule has 0 aromatic carbocycles. The number of rotatable bonds is 2. The molecule has 0 aromatic rings. The molecule has 0 saturated carbocycles. The molecule has 2 atom stereocenters. The van der Waals surface area contributed by atoms with Gasteiger partial charge in [-0.25, -0.2) is 4.39 Å². The molecular formula is C10H19FN2. The van der Waals surface area contributed by atoms with Crippen molar-refractivity contribution in [1.82, 2.24) is 10.2 Å². The van der Waals surface area contributed by atoms with Crippen molar-refractivity contribution in [3.05, 3.63) is 0 Å². The van der Waals surface area contributed by atoms with Gasteiger partial charge in [0.05, 0.1) is 0 Å². The van der Waals surface area contributed by atoms with Gasteiger partial charge in [0.2, 0.25) is 0 Å². The summed E-state index contributed by atoms with van der Waals surface area (Å²) < 4.78 is 12.6. The molecule has 2 unspecified atom stereocenters. The minimum Gasteiger partial charge on any atom is -0.315 e. The van der Waals surface area contributed by atoms with E-state index in [1.165, 1.54) is 12.8 Å². The van der Waals surface area contributed by atoms with Gasteiger partial charge in [-0.3, -0.25) is 4.90 Å². The maximum Gasteiger partial charge on any atom is 0.125 e. The SMILES string of the molecule is CCC1CNCC(N2CC(F)C2)C1. The lowest BCUT2D eigenvalue weighted by Gasteiger charge is -2.44. The zero-order chi connectivity index (χ0) is 9.26. The fourth-order valence-corrected chi connectivity index (χ4v) is 2.35. The van der Waals surface area contributed by atoms with Gasteiger partial charge in [-0.05, 0) is 18.9 Å². The Morgan fingerprint density at radius 3 is 2.77 bits per heavy atom. The maximum atomic E-state index is 12.6. The minimum absolute atomic E-state index is 0.554. The van der Waals surface area contributed by atoms with E-state index in [-0.39, 0.29) is 0 Å². The van der Waals surface area contributed by atoms with Gasteiger partial charge in [0.15, 0.2) is 0 Å². The number of hydrogen-bond acceptors (Lipinski definition) is 2.